The number of nitrogens with zero attached hydrogens (tertiary/aromatic N) is 3. The molecular formula is C19H31N3O2. The number of amides is 1. The van der Waals surface area contributed by atoms with Crippen molar-refractivity contribution in [1.82, 2.24) is 14.7 Å². The molecule has 1 aromatic rings. The first-order chi connectivity index (χ1) is 11.6. The highest BCUT2D eigenvalue weighted by Crippen LogP contribution is 2.38. The lowest BCUT2D eigenvalue weighted by Crippen LogP contribution is -2.46. The van der Waals surface area contributed by atoms with E-state index in [0.29, 0.717) is 18.4 Å². The molecule has 24 heavy (non-hydrogen) atoms. The number of carbonyl (C=O) groups excluding carboxylic acids is 1. The standard InChI is InChI=1S/C19H31N3O2/c1-19(9-4-2-3-5-10-19)18(24)21-12-7-16(8-13-21)17-6-11-20-22(17)14-15-23/h6,11,16,23H,2-5,7-10,12-15H2,1H3. The summed E-state index contributed by atoms with van der Waals surface area (Å²) < 4.78 is 1.91. The molecule has 0 atom stereocenters. The summed E-state index contributed by atoms with van der Waals surface area (Å²) in [5.41, 5.74) is 1.07. The summed E-state index contributed by atoms with van der Waals surface area (Å²) in [5, 5.41) is 13.5. The Balaban J connectivity index is 1.60. The highest BCUT2D eigenvalue weighted by atomic mass is 16.3. The van der Waals surface area contributed by atoms with Crippen molar-refractivity contribution in [3.63, 3.8) is 0 Å². The fraction of sp³-hybridized carbons (Fsp3) is 0.789. The minimum Gasteiger partial charge on any atom is -0.394 e. The van der Waals surface area contributed by atoms with Gasteiger partial charge in [0.1, 0.15) is 0 Å². The first-order valence-corrected chi connectivity index (χ1v) is 9.56. The zero-order valence-corrected chi connectivity index (χ0v) is 14.9. The average Bonchev–Trinajstić information content (AvgIpc) is 2.94. The Bertz CT molecular complexity index is 539. The molecule has 0 unspecified atom stereocenters. The lowest BCUT2D eigenvalue weighted by atomic mass is 9.80. The van der Waals surface area contributed by atoms with Crippen molar-refractivity contribution in [2.24, 2.45) is 5.41 Å². The fourth-order valence-electron chi connectivity index (χ4n) is 4.45. The highest BCUT2D eigenvalue weighted by molar-refractivity contribution is 5.82. The second-order valence-corrected chi connectivity index (χ2v) is 7.74. The molecule has 1 saturated carbocycles. The third-order valence-electron chi connectivity index (χ3n) is 5.99. The number of carbonyl (C=O) groups is 1. The van der Waals surface area contributed by atoms with Crippen LogP contribution in [0.1, 0.15) is 69.9 Å². The number of rotatable bonds is 4. The molecule has 1 aliphatic heterocycles. The highest BCUT2D eigenvalue weighted by Gasteiger charge is 2.38. The van der Waals surface area contributed by atoms with Gasteiger partial charge in [-0.1, -0.05) is 32.6 Å². The molecule has 2 fully saturated rings. The van der Waals surface area contributed by atoms with Crippen molar-refractivity contribution in [3.8, 4) is 0 Å². The van der Waals surface area contributed by atoms with Gasteiger partial charge in [0, 0.05) is 36.3 Å². The van der Waals surface area contributed by atoms with E-state index in [1.54, 1.807) is 0 Å². The minimum atomic E-state index is -0.137. The maximum atomic E-state index is 13.1. The van der Waals surface area contributed by atoms with Crippen LogP contribution in [0.25, 0.3) is 0 Å². The molecule has 0 spiro atoms. The minimum absolute atomic E-state index is 0.115. The maximum Gasteiger partial charge on any atom is 0.228 e. The van der Waals surface area contributed by atoms with Gasteiger partial charge >= 0.3 is 0 Å². The van der Waals surface area contributed by atoms with Gasteiger partial charge < -0.3 is 10.0 Å². The molecule has 2 heterocycles. The van der Waals surface area contributed by atoms with Crippen LogP contribution in [0, 0.1) is 5.41 Å². The van der Waals surface area contributed by atoms with Crippen molar-refractivity contribution in [1.29, 1.82) is 0 Å². The van der Waals surface area contributed by atoms with E-state index in [-0.39, 0.29) is 12.0 Å². The van der Waals surface area contributed by atoms with Gasteiger partial charge in [0.2, 0.25) is 5.91 Å². The third kappa shape index (κ3) is 3.66. The molecule has 0 radical (unpaired) electrons. The summed E-state index contributed by atoms with van der Waals surface area (Å²) in [5.74, 6) is 0.830. The maximum absolute atomic E-state index is 13.1. The number of aromatic nitrogens is 2. The molecule has 2 aliphatic rings. The van der Waals surface area contributed by atoms with Crippen LogP contribution < -0.4 is 0 Å². The first kappa shape index (κ1) is 17.5. The molecular weight excluding hydrogens is 302 g/mol. The third-order valence-corrected chi connectivity index (χ3v) is 5.99. The molecule has 3 rings (SSSR count). The van der Waals surface area contributed by atoms with Gasteiger partial charge in [0.25, 0.3) is 0 Å². The van der Waals surface area contributed by atoms with Crippen LogP contribution in [-0.4, -0.2) is 45.4 Å². The Labute approximate surface area is 145 Å². The summed E-state index contributed by atoms with van der Waals surface area (Å²) >= 11 is 0. The quantitative estimate of drug-likeness (QED) is 0.862. The second kappa shape index (κ2) is 7.68. The van der Waals surface area contributed by atoms with E-state index in [2.05, 4.69) is 23.0 Å². The summed E-state index contributed by atoms with van der Waals surface area (Å²) in [6, 6.07) is 2.06. The van der Waals surface area contributed by atoms with E-state index >= 15 is 0 Å². The van der Waals surface area contributed by atoms with E-state index in [1.807, 2.05) is 10.9 Å². The SMILES string of the molecule is CC1(C(=O)N2CCC(c3ccnn3CCO)CC2)CCCCCC1. The second-order valence-electron chi connectivity index (χ2n) is 7.74. The van der Waals surface area contributed by atoms with Crippen molar-refractivity contribution in [2.45, 2.75) is 70.8 Å². The van der Waals surface area contributed by atoms with Crippen molar-refractivity contribution in [2.75, 3.05) is 19.7 Å². The zero-order valence-electron chi connectivity index (χ0n) is 14.9. The van der Waals surface area contributed by atoms with Crippen LogP contribution in [0.2, 0.25) is 0 Å². The summed E-state index contributed by atoms with van der Waals surface area (Å²) in [7, 11) is 0. The van der Waals surface area contributed by atoms with E-state index in [1.165, 1.54) is 31.4 Å². The van der Waals surface area contributed by atoms with Crippen molar-refractivity contribution >= 4 is 5.91 Å². The summed E-state index contributed by atoms with van der Waals surface area (Å²) in [6.45, 7) is 4.56. The first-order valence-electron chi connectivity index (χ1n) is 9.56. The lowest BCUT2D eigenvalue weighted by molar-refractivity contribution is -0.143. The van der Waals surface area contributed by atoms with Crippen molar-refractivity contribution in [3.05, 3.63) is 18.0 Å². The molecule has 1 amide bonds. The average molecular weight is 333 g/mol. The number of hydrogen-bond donors (Lipinski definition) is 1. The fourth-order valence-corrected chi connectivity index (χ4v) is 4.45. The normalized spacial score (nSPS) is 22.3. The van der Waals surface area contributed by atoms with E-state index in [9.17, 15) is 4.79 Å². The molecule has 5 nitrogen and oxygen atoms in total. The molecule has 1 aromatic heterocycles. The molecule has 1 N–H and O–H groups in total. The molecule has 134 valence electrons. The van der Waals surface area contributed by atoms with Gasteiger partial charge in [0.05, 0.1) is 13.2 Å². The monoisotopic (exact) mass is 333 g/mol. The molecule has 1 saturated heterocycles. The van der Waals surface area contributed by atoms with Gasteiger partial charge in [-0.2, -0.15) is 5.10 Å². The van der Waals surface area contributed by atoms with Crippen LogP contribution in [0.15, 0.2) is 12.3 Å². The predicted molar refractivity (Wildman–Crippen MR) is 93.7 cm³/mol. The number of piperidine rings is 1. The van der Waals surface area contributed by atoms with E-state index in [4.69, 9.17) is 5.11 Å². The van der Waals surface area contributed by atoms with E-state index < -0.39 is 0 Å². The summed E-state index contributed by atoms with van der Waals surface area (Å²) in [4.78, 5) is 15.2. The molecule has 0 aromatic carbocycles. The molecule has 5 heteroatoms. The van der Waals surface area contributed by atoms with Crippen LogP contribution in [-0.2, 0) is 11.3 Å². The number of hydrogen-bond acceptors (Lipinski definition) is 3. The van der Waals surface area contributed by atoms with Gasteiger partial charge in [0.15, 0.2) is 0 Å². The Morgan fingerprint density at radius 1 is 1.25 bits per heavy atom. The Hall–Kier alpha value is -1.36. The van der Waals surface area contributed by atoms with E-state index in [0.717, 1.165) is 38.8 Å². The Morgan fingerprint density at radius 3 is 2.54 bits per heavy atom. The smallest absolute Gasteiger partial charge is 0.228 e. The van der Waals surface area contributed by atoms with Gasteiger partial charge in [-0.25, -0.2) is 0 Å². The lowest BCUT2D eigenvalue weighted by Gasteiger charge is -2.38. The van der Waals surface area contributed by atoms with Crippen LogP contribution in [0.4, 0.5) is 0 Å². The predicted octanol–water partition coefficient (Wildman–Crippen LogP) is 2.94. The topological polar surface area (TPSA) is 58.4 Å². The van der Waals surface area contributed by atoms with Crippen LogP contribution >= 0.6 is 0 Å². The van der Waals surface area contributed by atoms with Crippen molar-refractivity contribution < 1.29 is 9.90 Å². The molecule has 0 bridgehead atoms. The van der Waals surface area contributed by atoms with Gasteiger partial charge in [-0.05, 0) is 31.7 Å². The number of aliphatic hydroxyl groups is 1. The Morgan fingerprint density at radius 2 is 1.92 bits per heavy atom. The zero-order chi connectivity index (χ0) is 17.0. The van der Waals surface area contributed by atoms with Crippen LogP contribution in [0.3, 0.4) is 0 Å². The van der Waals surface area contributed by atoms with Crippen LogP contribution in [0.5, 0.6) is 0 Å². The van der Waals surface area contributed by atoms with Gasteiger partial charge in [-0.15, -0.1) is 0 Å². The number of likely N-dealkylation sites (tertiary alicyclic amines) is 1. The van der Waals surface area contributed by atoms with Gasteiger partial charge in [-0.3, -0.25) is 9.48 Å². The largest absolute Gasteiger partial charge is 0.394 e. The summed E-state index contributed by atoms with van der Waals surface area (Å²) in [6.07, 6.45) is 10.9. The molecule has 1 aliphatic carbocycles. The number of aliphatic hydroxyl groups excluding tert-OH is 1. The Kier molecular flexibility index (Phi) is 5.59.